The van der Waals surface area contributed by atoms with Gasteiger partial charge in [0, 0.05) is 12.2 Å². The maximum atomic E-state index is 13.4. The highest BCUT2D eigenvalue weighted by Crippen LogP contribution is 2.35. The number of benzene rings is 2. The van der Waals surface area contributed by atoms with Crippen molar-refractivity contribution in [1.29, 1.82) is 0 Å². The van der Waals surface area contributed by atoms with Crippen molar-refractivity contribution in [2.24, 2.45) is 0 Å². The summed E-state index contributed by atoms with van der Waals surface area (Å²) in [7, 11) is 1.64. The number of methoxy groups -OCH3 is 1. The molecular weight excluding hydrogens is 307 g/mol. The van der Waals surface area contributed by atoms with Crippen LogP contribution < -0.4 is 15.0 Å². The SMILES string of the molecule is COc1cccc2c1N(CC(=O)Nc1cc(F)ccc1C)CCC2. The van der Waals surface area contributed by atoms with Gasteiger partial charge >= 0.3 is 0 Å². The molecule has 0 aromatic heterocycles. The van der Waals surface area contributed by atoms with Gasteiger partial charge in [-0.1, -0.05) is 18.2 Å². The predicted molar refractivity (Wildman–Crippen MR) is 93.3 cm³/mol. The number of rotatable bonds is 4. The van der Waals surface area contributed by atoms with Crippen LogP contribution in [0.25, 0.3) is 0 Å². The van der Waals surface area contributed by atoms with E-state index in [2.05, 4.69) is 11.4 Å². The van der Waals surface area contributed by atoms with Crippen LogP contribution in [0.1, 0.15) is 17.5 Å². The van der Waals surface area contributed by atoms with Gasteiger partial charge in [0.2, 0.25) is 5.91 Å². The Morgan fingerprint density at radius 2 is 2.17 bits per heavy atom. The minimum atomic E-state index is -0.360. The lowest BCUT2D eigenvalue weighted by Crippen LogP contribution is -2.37. The first-order valence-corrected chi connectivity index (χ1v) is 8.05. The summed E-state index contributed by atoms with van der Waals surface area (Å²) in [5, 5.41) is 2.81. The van der Waals surface area contributed by atoms with Crippen LogP contribution in [-0.2, 0) is 11.2 Å². The smallest absolute Gasteiger partial charge is 0.243 e. The standard InChI is InChI=1S/C19H21FN2O2/c1-13-8-9-15(20)11-16(13)21-18(23)12-22-10-4-6-14-5-3-7-17(24-2)19(14)22/h3,5,7-9,11H,4,6,10,12H2,1-2H3,(H,21,23). The Morgan fingerprint density at radius 3 is 2.96 bits per heavy atom. The monoisotopic (exact) mass is 328 g/mol. The molecule has 1 aliphatic rings. The van der Waals surface area contributed by atoms with Gasteiger partial charge < -0.3 is 15.0 Å². The predicted octanol–water partition coefficient (Wildman–Crippen LogP) is 3.53. The largest absolute Gasteiger partial charge is 0.495 e. The van der Waals surface area contributed by atoms with Crippen LogP contribution in [0.4, 0.5) is 15.8 Å². The van der Waals surface area contributed by atoms with Crippen LogP contribution in [0.3, 0.4) is 0 Å². The molecule has 4 nitrogen and oxygen atoms in total. The molecule has 0 atom stereocenters. The lowest BCUT2D eigenvalue weighted by Gasteiger charge is -2.32. The van der Waals surface area contributed by atoms with Gasteiger partial charge in [0.15, 0.2) is 0 Å². The normalized spacial score (nSPS) is 13.4. The molecule has 2 aromatic carbocycles. The van der Waals surface area contributed by atoms with Crippen molar-refractivity contribution in [3.8, 4) is 5.75 Å². The number of halogens is 1. The first kappa shape index (κ1) is 16.3. The van der Waals surface area contributed by atoms with Gasteiger partial charge in [0.25, 0.3) is 0 Å². The van der Waals surface area contributed by atoms with Crippen molar-refractivity contribution in [1.82, 2.24) is 0 Å². The summed E-state index contributed by atoms with van der Waals surface area (Å²) >= 11 is 0. The van der Waals surface area contributed by atoms with E-state index in [1.54, 1.807) is 13.2 Å². The summed E-state index contributed by atoms with van der Waals surface area (Å²) < 4.78 is 18.8. The Balaban J connectivity index is 1.78. The van der Waals surface area contributed by atoms with E-state index in [1.807, 2.05) is 24.0 Å². The number of aryl methyl sites for hydroxylation is 2. The van der Waals surface area contributed by atoms with E-state index in [1.165, 1.54) is 17.7 Å². The maximum Gasteiger partial charge on any atom is 0.243 e. The average molecular weight is 328 g/mol. The van der Waals surface area contributed by atoms with Gasteiger partial charge in [-0.3, -0.25) is 4.79 Å². The molecule has 0 unspecified atom stereocenters. The summed E-state index contributed by atoms with van der Waals surface area (Å²) in [6.45, 7) is 2.85. The topological polar surface area (TPSA) is 41.6 Å². The lowest BCUT2D eigenvalue weighted by atomic mass is 10.0. The first-order valence-electron chi connectivity index (χ1n) is 8.05. The second-order valence-corrected chi connectivity index (χ2v) is 6.00. The first-order chi connectivity index (χ1) is 11.6. The van der Waals surface area contributed by atoms with Crippen molar-refractivity contribution in [3.05, 3.63) is 53.3 Å². The molecule has 0 fully saturated rings. The highest BCUT2D eigenvalue weighted by atomic mass is 19.1. The zero-order valence-electron chi connectivity index (χ0n) is 13.9. The van der Waals surface area contributed by atoms with E-state index in [4.69, 9.17) is 4.74 Å². The van der Waals surface area contributed by atoms with Crippen molar-refractivity contribution in [3.63, 3.8) is 0 Å². The number of nitrogens with zero attached hydrogens (tertiary/aromatic N) is 1. The second kappa shape index (κ2) is 6.91. The highest BCUT2D eigenvalue weighted by molar-refractivity contribution is 5.95. The number of para-hydroxylation sites is 1. The number of nitrogens with one attached hydrogen (secondary N) is 1. The van der Waals surface area contributed by atoms with Crippen molar-refractivity contribution in [2.45, 2.75) is 19.8 Å². The molecule has 126 valence electrons. The van der Waals surface area contributed by atoms with E-state index in [0.717, 1.165) is 36.4 Å². The van der Waals surface area contributed by atoms with E-state index < -0.39 is 0 Å². The quantitative estimate of drug-likeness (QED) is 0.933. The Bertz CT molecular complexity index is 747. The van der Waals surface area contributed by atoms with E-state index in [0.29, 0.717) is 5.69 Å². The van der Waals surface area contributed by atoms with Crippen molar-refractivity contribution >= 4 is 17.3 Å². The number of hydrogen-bond donors (Lipinski definition) is 1. The third-order valence-corrected chi connectivity index (χ3v) is 4.30. The number of carbonyl (C=O) groups excluding carboxylic acids is 1. The Hall–Kier alpha value is -2.56. The third kappa shape index (κ3) is 3.35. The molecule has 0 saturated heterocycles. The number of ether oxygens (including phenoxy) is 1. The fraction of sp³-hybridized carbons (Fsp3) is 0.316. The Morgan fingerprint density at radius 1 is 1.33 bits per heavy atom. The molecule has 5 heteroatoms. The molecule has 0 saturated carbocycles. The van der Waals surface area contributed by atoms with Crippen LogP contribution in [0.15, 0.2) is 36.4 Å². The summed E-state index contributed by atoms with van der Waals surface area (Å²) in [5.74, 6) is 0.255. The minimum absolute atomic E-state index is 0.164. The zero-order valence-corrected chi connectivity index (χ0v) is 13.9. The van der Waals surface area contributed by atoms with E-state index in [9.17, 15) is 9.18 Å². The molecule has 0 radical (unpaired) electrons. The second-order valence-electron chi connectivity index (χ2n) is 6.00. The Labute approximate surface area is 141 Å². The fourth-order valence-corrected chi connectivity index (χ4v) is 3.12. The van der Waals surface area contributed by atoms with E-state index >= 15 is 0 Å². The van der Waals surface area contributed by atoms with Crippen LogP contribution in [0.2, 0.25) is 0 Å². The molecule has 0 aliphatic carbocycles. The van der Waals surface area contributed by atoms with Gasteiger partial charge in [-0.2, -0.15) is 0 Å². The van der Waals surface area contributed by atoms with Crippen LogP contribution in [0, 0.1) is 12.7 Å². The molecule has 0 bridgehead atoms. The highest BCUT2D eigenvalue weighted by Gasteiger charge is 2.22. The number of hydrogen-bond acceptors (Lipinski definition) is 3. The van der Waals surface area contributed by atoms with Gasteiger partial charge in [0.1, 0.15) is 11.6 Å². The van der Waals surface area contributed by atoms with Gasteiger partial charge in [-0.25, -0.2) is 4.39 Å². The summed E-state index contributed by atoms with van der Waals surface area (Å²) in [6.07, 6.45) is 1.97. The van der Waals surface area contributed by atoms with Crippen LogP contribution in [0.5, 0.6) is 5.75 Å². The van der Waals surface area contributed by atoms with Gasteiger partial charge in [0.05, 0.1) is 19.3 Å². The van der Waals surface area contributed by atoms with Crippen LogP contribution >= 0.6 is 0 Å². The molecule has 24 heavy (non-hydrogen) atoms. The summed E-state index contributed by atoms with van der Waals surface area (Å²) in [5.41, 5.74) is 3.52. The number of carbonyl (C=O) groups is 1. The molecule has 1 aliphatic heterocycles. The summed E-state index contributed by atoms with van der Waals surface area (Å²) in [6, 6.07) is 10.3. The molecule has 1 N–H and O–H groups in total. The Kier molecular flexibility index (Phi) is 4.69. The van der Waals surface area contributed by atoms with Crippen LogP contribution in [-0.4, -0.2) is 26.1 Å². The number of anilines is 2. The summed E-state index contributed by atoms with van der Waals surface area (Å²) in [4.78, 5) is 14.5. The molecule has 2 aromatic rings. The number of fused-ring (bicyclic) bond motifs is 1. The average Bonchev–Trinajstić information content (AvgIpc) is 2.57. The zero-order chi connectivity index (χ0) is 17.1. The lowest BCUT2D eigenvalue weighted by molar-refractivity contribution is -0.115. The maximum absolute atomic E-state index is 13.4. The molecular formula is C19H21FN2O2. The number of amides is 1. The fourth-order valence-electron chi connectivity index (χ4n) is 3.12. The third-order valence-electron chi connectivity index (χ3n) is 4.30. The molecule has 0 spiro atoms. The molecule has 1 heterocycles. The van der Waals surface area contributed by atoms with Gasteiger partial charge in [-0.15, -0.1) is 0 Å². The molecule has 3 rings (SSSR count). The van der Waals surface area contributed by atoms with Crippen molar-refractivity contribution < 1.29 is 13.9 Å². The molecule has 1 amide bonds. The van der Waals surface area contributed by atoms with Crippen molar-refractivity contribution in [2.75, 3.05) is 30.4 Å². The minimum Gasteiger partial charge on any atom is -0.495 e. The van der Waals surface area contributed by atoms with Gasteiger partial charge in [-0.05, 0) is 49.1 Å². The van der Waals surface area contributed by atoms with E-state index in [-0.39, 0.29) is 18.3 Å².